The molecular weight excluding hydrogens is 486 g/mol. The minimum atomic E-state index is -3.30. The molecule has 32 heavy (non-hydrogen) atoms. The maximum absolute atomic E-state index is 13.2. The zero-order chi connectivity index (χ0) is 22.4. The van der Waals surface area contributed by atoms with Gasteiger partial charge in [0.05, 0.1) is 20.9 Å². The molecule has 6 nitrogen and oxygen atoms in total. The number of thiazole rings is 1. The van der Waals surface area contributed by atoms with Crippen LogP contribution in [-0.4, -0.2) is 62.4 Å². The number of likely N-dealkylation sites (N-methyl/N-ethyl adjacent to an activating group) is 1. The monoisotopic (exact) mass is 513 g/mol. The smallest absolute Gasteiger partial charge is 0.239 e. The predicted octanol–water partition coefficient (Wildman–Crippen LogP) is 4.59. The summed E-state index contributed by atoms with van der Waals surface area (Å²) in [7, 11) is -3.30. The van der Waals surface area contributed by atoms with Crippen molar-refractivity contribution in [2.75, 3.05) is 43.1 Å². The van der Waals surface area contributed by atoms with E-state index in [1.807, 2.05) is 30.3 Å². The third kappa shape index (κ3) is 6.92. The average Bonchev–Trinajstić information content (AvgIpc) is 3.18. The fraction of sp³-hybridized carbons (Fsp3) is 0.364. The molecule has 0 spiro atoms. The number of halogens is 1. The van der Waals surface area contributed by atoms with Gasteiger partial charge in [0.25, 0.3) is 0 Å². The lowest BCUT2D eigenvalue weighted by Gasteiger charge is -2.24. The maximum atomic E-state index is 13.2. The van der Waals surface area contributed by atoms with E-state index in [0.29, 0.717) is 22.9 Å². The number of hydrogen-bond donors (Lipinski definition) is 0. The Bertz CT molecular complexity index is 1130. The molecule has 2 aromatic carbocycles. The number of carbonyl (C=O) groups is 1. The van der Waals surface area contributed by atoms with Gasteiger partial charge >= 0.3 is 0 Å². The number of benzene rings is 2. The van der Waals surface area contributed by atoms with Crippen molar-refractivity contribution in [1.29, 1.82) is 0 Å². The third-order valence-corrected chi connectivity index (χ3v) is 8.10. The molecule has 0 aliphatic rings. The first-order valence-electron chi connectivity index (χ1n) is 10.1. The standard InChI is InChI=1S/C22H27N3O3S3.ClH/c1-4-24(5-2)13-14-25(21(26)16-29-17-9-7-6-8-10-17)22-23-19-12-11-18(31(3,27)28)15-20(19)30-22;/h6-12,15H,4-5,13-14,16H2,1-3H3;1H. The molecule has 0 saturated carbocycles. The molecule has 0 saturated heterocycles. The van der Waals surface area contributed by atoms with Crippen molar-refractivity contribution in [3.8, 4) is 0 Å². The fourth-order valence-corrected chi connectivity index (χ4v) is 5.65. The molecule has 0 atom stereocenters. The van der Waals surface area contributed by atoms with Crippen LogP contribution in [-0.2, 0) is 14.6 Å². The van der Waals surface area contributed by atoms with E-state index in [0.717, 1.165) is 29.2 Å². The van der Waals surface area contributed by atoms with Gasteiger partial charge in [-0.15, -0.1) is 24.2 Å². The number of amides is 1. The first-order chi connectivity index (χ1) is 14.8. The Labute approximate surface area is 204 Å². The highest BCUT2D eigenvalue weighted by Crippen LogP contribution is 2.31. The van der Waals surface area contributed by atoms with Crippen molar-refractivity contribution in [1.82, 2.24) is 9.88 Å². The molecule has 1 amide bonds. The summed E-state index contributed by atoms with van der Waals surface area (Å²) in [6.45, 7) is 7.31. The van der Waals surface area contributed by atoms with Gasteiger partial charge in [0.15, 0.2) is 15.0 Å². The number of anilines is 1. The Balaban J connectivity index is 0.00000363. The first kappa shape index (κ1) is 26.6. The van der Waals surface area contributed by atoms with E-state index >= 15 is 0 Å². The largest absolute Gasteiger partial charge is 0.302 e. The van der Waals surface area contributed by atoms with Gasteiger partial charge < -0.3 is 4.90 Å². The maximum Gasteiger partial charge on any atom is 0.239 e. The van der Waals surface area contributed by atoms with Gasteiger partial charge in [-0.05, 0) is 43.4 Å². The number of rotatable bonds is 10. The summed E-state index contributed by atoms with van der Waals surface area (Å²) in [5, 5.41) is 0.603. The fourth-order valence-electron chi connectivity index (χ4n) is 3.09. The zero-order valence-corrected chi connectivity index (χ0v) is 21.6. The lowest BCUT2D eigenvalue weighted by atomic mass is 10.3. The molecule has 3 rings (SSSR count). The van der Waals surface area contributed by atoms with Crippen LogP contribution < -0.4 is 4.90 Å². The van der Waals surface area contributed by atoms with E-state index in [4.69, 9.17) is 0 Å². The van der Waals surface area contributed by atoms with E-state index in [2.05, 4.69) is 23.7 Å². The van der Waals surface area contributed by atoms with E-state index in [1.165, 1.54) is 29.4 Å². The summed E-state index contributed by atoms with van der Waals surface area (Å²) in [5.41, 5.74) is 0.698. The van der Waals surface area contributed by atoms with Crippen LogP contribution in [0.2, 0.25) is 0 Å². The van der Waals surface area contributed by atoms with Gasteiger partial charge in [-0.25, -0.2) is 13.4 Å². The molecule has 0 aliphatic heterocycles. The zero-order valence-electron chi connectivity index (χ0n) is 18.4. The van der Waals surface area contributed by atoms with Crippen molar-refractivity contribution in [2.45, 2.75) is 23.6 Å². The van der Waals surface area contributed by atoms with Crippen LogP contribution in [0.15, 0.2) is 58.3 Å². The van der Waals surface area contributed by atoms with E-state index in [1.54, 1.807) is 23.1 Å². The van der Waals surface area contributed by atoms with E-state index < -0.39 is 9.84 Å². The third-order valence-electron chi connectivity index (χ3n) is 4.95. The number of thioether (sulfide) groups is 1. The molecule has 1 aromatic heterocycles. The van der Waals surface area contributed by atoms with Crippen molar-refractivity contribution in [3.05, 3.63) is 48.5 Å². The highest BCUT2D eigenvalue weighted by atomic mass is 35.5. The summed E-state index contributed by atoms with van der Waals surface area (Å²) >= 11 is 2.86. The molecule has 1 heterocycles. The van der Waals surface area contributed by atoms with Crippen molar-refractivity contribution in [2.24, 2.45) is 0 Å². The highest BCUT2D eigenvalue weighted by Gasteiger charge is 2.21. The Morgan fingerprint density at radius 3 is 2.38 bits per heavy atom. The van der Waals surface area contributed by atoms with E-state index in [9.17, 15) is 13.2 Å². The van der Waals surface area contributed by atoms with Gasteiger partial charge in [0.1, 0.15) is 0 Å². The molecule has 0 N–H and O–H groups in total. The molecular formula is C22H28ClN3O3S3. The normalized spacial score (nSPS) is 11.5. The first-order valence-corrected chi connectivity index (χ1v) is 13.8. The second kappa shape index (κ2) is 12.0. The molecule has 0 radical (unpaired) electrons. The van der Waals surface area contributed by atoms with Gasteiger partial charge in [-0.2, -0.15) is 0 Å². The highest BCUT2D eigenvalue weighted by molar-refractivity contribution is 8.00. The lowest BCUT2D eigenvalue weighted by molar-refractivity contribution is -0.116. The number of sulfone groups is 1. The lowest BCUT2D eigenvalue weighted by Crippen LogP contribution is -2.39. The topological polar surface area (TPSA) is 70.6 Å². The summed E-state index contributed by atoms with van der Waals surface area (Å²) in [6.07, 6.45) is 1.19. The number of aromatic nitrogens is 1. The van der Waals surface area contributed by atoms with Gasteiger partial charge in [-0.1, -0.05) is 43.4 Å². The van der Waals surface area contributed by atoms with Crippen LogP contribution in [0, 0.1) is 0 Å². The van der Waals surface area contributed by atoms with Crippen molar-refractivity contribution < 1.29 is 13.2 Å². The number of fused-ring (bicyclic) bond motifs is 1. The van der Waals surface area contributed by atoms with Crippen LogP contribution in [0.4, 0.5) is 5.13 Å². The molecule has 174 valence electrons. The number of carbonyl (C=O) groups excluding carboxylic acids is 1. The molecule has 0 bridgehead atoms. The SMILES string of the molecule is CCN(CC)CCN(C(=O)CSc1ccccc1)c1nc2ccc(S(C)(=O)=O)cc2s1.Cl. The van der Waals surface area contributed by atoms with Gasteiger partial charge in [-0.3, -0.25) is 9.69 Å². The summed E-state index contributed by atoms with van der Waals surface area (Å²) in [5.74, 6) is 0.302. The molecule has 0 aliphatic carbocycles. The Morgan fingerprint density at radius 2 is 1.75 bits per heavy atom. The quantitative estimate of drug-likeness (QED) is 0.369. The molecule has 10 heteroatoms. The van der Waals surface area contributed by atoms with Crippen LogP contribution in [0.3, 0.4) is 0 Å². The second-order valence-electron chi connectivity index (χ2n) is 7.07. The van der Waals surface area contributed by atoms with Gasteiger partial charge in [0, 0.05) is 24.2 Å². The average molecular weight is 514 g/mol. The minimum absolute atomic E-state index is 0. The van der Waals surface area contributed by atoms with Gasteiger partial charge in [0.2, 0.25) is 5.91 Å². The summed E-state index contributed by atoms with van der Waals surface area (Å²) in [6, 6.07) is 14.7. The summed E-state index contributed by atoms with van der Waals surface area (Å²) in [4.78, 5) is 23.1. The Kier molecular flexibility index (Phi) is 9.97. The summed E-state index contributed by atoms with van der Waals surface area (Å²) < 4.78 is 24.6. The van der Waals surface area contributed by atoms with Crippen LogP contribution >= 0.6 is 35.5 Å². The van der Waals surface area contributed by atoms with Crippen molar-refractivity contribution in [3.63, 3.8) is 0 Å². The van der Waals surface area contributed by atoms with Crippen molar-refractivity contribution >= 4 is 66.6 Å². The second-order valence-corrected chi connectivity index (χ2v) is 11.1. The molecule has 0 unspecified atom stereocenters. The molecule has 0 fully saturated rings. The Hall–Kier alpha value is -1.65. The molecule has 3 aromatic rings. The predicted molar refractivity (Wildman–Crippen MR) is 137 cm³/mol. The number of nitrogens with zero attached hydrogens (tertiary/aromatic N) is 3. The van der Waals surface area contributed by atoms with E-state index in [-0.39, 0.29) is 23.2 Å². The number of hydrogen-bond acceptors (Lipinski definition) is 7. The van der Waals surface area contributed by atoms with Crippen LogP contribution in [0.25, 0.3) is 10.2 Å². The minimum Gasteiger partial charge on any atom is -0.302 e. The van der Waals surface area contributed by atoms with Crippen LogP contribution in [0.5, 0.6) is 0 Å². The Morgan fingerprint density at radius 1 is 1.06 bits per heavy atom. The van der Waals surface area contributed by atoms with Crippen LogP contribution in [0.1, 0.15) is 13.8 Å².